The lowest BCUT2D eigenvalue weighted by atomic mass is 9.97. The maximum Gasteiger partial charge on any atom is 0.258 e. The maximum absolute atomic E-state index is 11.0. The lowest BCUT2D eigenvalue weighted by Gasteiger charge is -2.14. The van der Waals surface area contributed by atoms with Crippen molar-refractivity contribution in [3.05, 3.63) is 69.9 Å². The summed E-state index contributed by atoms with van der Waals surface area (Å²) in [7, 11) is 1.53. The predicted molar refractivity (Wildman–Crippen MR) is 121 cm³/mol. The molecule has 0 bridgehead atoms. The first-order valence-corrected chi connectivity index (χ1v) is 10.5. The van der Waals surface area contributed by atoms with Gasteiger partial charge in [-0.15, -0.1) is 0 Å². The van der Waals surface area contributed by atoms with Crippen LogP contribution in [-0.4, -0.2) is 27.2 Å². The molecule has 0 radical (unpaired) electrons. The van der Waals surface area contributed by atoms with Crippen molar-refractivity contribution < 1.29 is 14.3 Å². The van der Waals surface area contributed by atoms with E-state index in [9.17, 15) is 5.11 Å². The highest BCUT2D eigenvalue weighted by atomic mass is 35.5. The number of halogens is 2. The molecule has 0 amide bonds. The third-order valence-electron chi connectivity index (χ3n) is 5.20. The van der Waals surface area contributed by atoms with Crippen LogP contribution in [0.4, 0.5) is 0 Å². The van der Waals surface area contributed by atoms with Gasteiger partial charge >= 0.3 is 0 Å². The third kappa shape index (κ3) is 4.11. The van der Waals surface area contributed by atoms with Crippen LogP contribution in [0, 0.1) is 0 Å². The summed E-state index contributed by atoms with van der Waals surface area (Å²) in [5, 5.41) is 12.5. The molecular weight excluding hydrogens is 437 g/mol. The Morgan fingerprint density at radius 1 is 1.06 bits per heavy atom. The van der Waals surface area contributed by atoms with Crippen LogP contribution < -0.4 is 4.74 Å². The lowest BCUT2D eigenvalue weighted by molar-refractivity contribution is 0.179. The van der Waals surface area contributed by atoms with E-state index in [0.717, 1.165) is 11.1 Å². The largest absolute Gasteiger partial charge is 0.478 e. The molecule has 1 atom stereocenters. The van der Waals surface area contributed by atoms with Crippen LogP contribution in [0.1, 0.15) is 42.6 Å². The third-order valence-corrected chi connectivity index (χ3v) is 5.85. The van der Waals surface area contributed by atoms with Gasteiger partial charge in [-0.1, -0.05) is 37.0 Å². The molecule has 0 fully saturated rings. The van der Waals surface area contributed by atoms with Crippen molar-refractivity contribution in [3.8, 4) is 17.2 Å². The quantitative estimate of drug-likeness (QED) is 0.382. The van der Waals surface area contributed by atoms with Crippen LogP contribution in [0.3, 0.4) is 0 Å². The molecule has 31 heavy (non-hydrogen) atoms. The maximum atomic E-state index is 11.0. The monoisotopic (exact) mass is 457 g/mol. The summed E-state index contributed by atoms with van der Waals surface area (Å²) in [4.78, 5) is 12.5. The Bertz CT molecular complexity index is 1220. The van der Waals surface area contributed by atoms with E-state index in [-0.39, 0.29) is 12.3 Å². The minimum Gasteiger partial charge on any atom is -0.478 e. The van der Waals surface area contributed by atoms with E-state index in [1.54, 1.807) is 18.6 Å². The van der Waals surface area contributed by atoms with Crippen LogP contribution in [0.25, 0.3) is 22.3 Å². The summed E-state index contributed by atoms with van der Waals surface area (Å²) in [5.74, 6) is 1.26. The standard InChI is InChI=1S/C23H21Cl2N3O3/c1-12(2)13-4-5-26-8-17(13)21-7-14-16(9-28-23(30-3)22(14)31-21)20(29)6-15-18(24)10-27-11-19(15)25/h4-5,7-12,20,29H,6H2,1-3H3. The molecule has 0 saturated heterocycles. The number of ether oxygens (including phenoxy) is 1. The minimum atomic E-state index is -0.915. The number of nitrogens with zero attached hydrogens (tertiary/aromatic N) is 3. The minimum absolute atomic E-state index is 0.202. The first-order valence-electron chi connectivity index (χ1n) is 9.77. The molecule has 0 spiro atoms. The van der Waals surface area contributed by atoms with Gasteiger partial charge in [-0.05, 0) is 29.2 Å². The van der Waals surface area contributed by atoms with E-state index < -0.39 is 6.10 Å². The van der Waals surface area contributed by atoms with Gasteiger partial charge in [0.2, 0.25) is 0 Å². The fourth-order valence-corrected chi connectivity index (χ4v) is 4.13. The van der Waals surface area contributed by atoms with Crippen LogP contribution in [0.2, 0.25) is 10.0 Å². The van der Waals surface area contributed by atoms with E-state index >= 15 is 0 Å². The van der Waals surface area contributed by atoms with Crippen molar-refractivity contribution in [1.82, 2.24) is 15.0 Å². The molecule has 1 N–H and O–H groups in total. The van der Waals surface area contributed by atoms with Gasteiger partial charge in [-0.25, -0.2) is 4.98 Å². The molecule has 1 unspecified atom stereocenters. The van der Waals surface area contributed by atoms with Crippen LogP contribution in [-0.2, 0) is 6.42 Å². The molecule has 0 saturated carbocycles. The van der Waals surface area contributed by atoms with E-state index in [0.29, 0.717) is 43.8 Å². The zero-order chi connectivity index (χ0) is 22.1. The predicted octanol–water partition coefficient (Wildman–Crippen LogP) is 6.00. The van der Waals surface area contributed by atoms with E-state index in [2.05, 4.69) is 28.8 Å². The summed E-state index contributed by atoms with van der Waals surface area (Å²) in [6.07, 6.45) is 7.42. The molecule has 4 aromatic heterocycles. The number of furan rings is 1. The van der Waals surface area contributed by atoms with Gasteiger partial charge in [0.1, 0.15) is 5.76 Å². The fourth-order valence-electron chi connectivity index (χ4n) is 3.62. The zero-order valence-electron chi connectivity index (χ0n) is 17.3. The Morgan fingerprint density at radius 3 is 2.48 bits per heavy atom. The number of aliphatic hydroxyl groups is 1. The smallest absolute Gasteiger partial charge is 0.258 e. The molecule has 0 aliphatic rings. The highest BCUT2D eigenvalue weighted by Gasteiger charge is 2.23. The molecule has 8 heteroatoms. The van der Waals surface area contributed by atoms with E-state index in [1.807, 2.05) is 12.1 Å². The normalized spacial score (nSPS) is 12.5. The van der Waals surface area contributed by atoms with Crippen molar-refractivity contribution >= 4 is 34.2 Å². The van der Waals surface area contributed by atoms with Gasteiger partial charge in [0.15, 0.2) is 5.58 Å². The fraction of sp³-hybridized carbons (Fsp3) is 0.261. The van der Waals surface area contributed by atoms with Crippen molar-refractivity contribution in [2.24, 2.45) is 0 Å². The average molecular weight is 458 g/mol. The number of fused-ring (bicyclic) bond motifs is 1. The van der Waals surface area contributed by atoms with Crippen molar-refractivity contribution in [2.75, 3.05) is 7.11 Å². The molecule has 4 aromatic rings. The number of rotatable bonds is 6. The van der Waals surface area contributed by atoms with Crippen molar-refractivity contribution in [3.63, 3.8) is 0 Å². The summed E-state index contributed by atoms with van der Waals surface area (Å²) < 4.78 is 11.5. The second kappa shape index (κ2) is 8.83. The first-order chi connectivity index (χ1) is 14.9. The Balaban J connectivity index is 1.83. The van der Waals surface area contributed by atoms with Crippen molar-refractivity contribution in [2.45, 2.75) is 32.3 Å². The number of pyridine rings is 3. The number of aliphatic hydroxyl groups excluding tert-OH is 1. The lowest BCUT2D eigenvalue weighted by Crippen LogP contribution is -2.05. The number of hydrogen-bond donors (Lipinski definition) is 1. The van der Waals surface area contributed by atoms with Gasteiger partial charge in [0, 0.05) is 53.9 Å². The second-order valence-corrected chi connectivity index (χ2v) is 8.31. The summed E-state index contributed by atoms with van der Waals surface area (Å²) in [6.45, 7) is 4.22. The highest BCUT2D eigenvalue weighted by Crippen LogP contribution is 2.39. The Kier molecular flexibility index (Phi) is 6.14. The molecule has 0 aliphatic heterocycles. The zero-order valence-corrected chi connectivity index (χ0v) is 18.8. The van der Waals surface area contributed by atoms with Gasteiger partial charge in [0.05, 0.1) is 23.3 Å². The second-order valence-electron chi connectivity index (χ2n) is 7.50. The molecule has 4 heterocycles. The van der Waals surface area contributed by atoms with E-state index in [4.69, 9.17) is 32.4 Å². The number of methoxy groups -OCH3 is 1. The van der Waals surface area contributed by atoms with Crippen molar-refractivity contribution in [1.29, 1.82) is 0 Å². The Morgan fingerprint density at radius 2 is 1.81 bits per heavy atom. The Hall–Kier alpha value is -2.67. The Labute approximate surface area is 189 Å². The number of hydrogen-bond acceptors (Lipinski definition) is 6. The molecule has 0 aliphatic carbocycles. The van der Waals surface area contributed by atoms with E-state index in [1.165, 1.54) is 19.5 Å². The SMILES string of the molecule is COc1ncc(C(O)Cc2c(Cl)cncc2Cl)c2cc(-c3cnccc3C(C)C)oc12. The highest BCUT2D eigenvalue weighted by molar-refractivity contribution is 6.35. The molecule has 0 aromatic carbocycles. The molecule has 160 valence electrons. The molecule has 6 nitrogen and oxygen atoms in total. The van der Waals surface area contributed by atoms with Gasteiger partial charge in [-0.3, -0.25) is 9.97 Å². The van der Waals surface area contributed by atoms with Crippen LogP contribution in [0.15, 0.2) is 47.5 Å². The van der Waals surface area contributed by atoms with Crippen LogP contribution >= 0.6 is 23.2 Å². The summed E-state index contributed by atoms with van der Waals surface area (Å²) in [6, 6.07) is 3.86. The summed E-state index contributed by atoms with van der Waals surface area (Å²) >= 11 is 12.5. The number of aromatic nitrogens is 3. The van der Waals surface area contributed by atoms with Crippen LogP contribution in [0.5, 0.6) is 5.88 Å². The van der Waals surface area contributed by atoms with Gasteiger partial charge < -0.3 is 14.3 Å². The molecule has 4 rings (SSSR count). The van der Waals surface area contributed by atoms with Gasteiger partial charge in [-0.2, -0.15) is 0 Å². The molecular formula is C23H21Cl2N3O3. The topological polar surface area (TPSA) is 81.3 Å². The first kappa shape index (κ1) is 21.6. The van der Waals surface area contributed by atoms with Gasteiger partial charge in [0.25, 0.3) is 5.88 Å². The average Bonchev–Trinajstić information content (AvgIpc) is 3.21. The summed E-state index contributed by atoms with van der Waals surface area (Å²) in [5.41, 5.74) is 3.66.